The predicted molar refractivity (Wildman–Crippen MR) is 78.8 cm³/mol. The lowest BCUT2D eigenvalue weighted by molar-refractivity contribution is 0.152. The van der Waals surface area contributed by atoms with Crippen LogP contribution in [0.1, 0.15) is 19.4 Å². The Morgan fingerprint density at radius 3 is 2.84 bits per heavy atom. The molecule has 2 heterocycles. The number of nitrogens with two attached hydrogens (primary N) is 1. The van der Waals surface area contributed by atoms with Crippen molar-refractivity contribution in [2.24, 2.45) is 11.1 Å². The van der Waals surface area contributed by atoms with Crippen molar-refractivity contribution in [2.75, 3.05) is 33.2 Å². The average Bonchev–Trinajstić information content (AvgIpc) is 2.45. The maximum absolute atomic E-state index is 5.98. The van der Waals surface area contributed by atoms with Crippen LogP contribution in [-0.4, -0.2) is 54.1 Å². The topological polar surface area (TPSA) is 45.4 Å². The van der Waals surface area contributed by atoms with Crippen molar-refractivity contribution in [3.63, 3.8) is 0 Å². The Labute approximate surface area is 116 Å². The second-order valence-corrected chi connectivity index (χ2v) is 6.52. The molecule has 0 aromatic carbocycles. The van der Waals surface area contributed by atoms with Crippen molar-refractivity contribution >= 4 is 0 Å². The summed E-state index contributed by atoms with van der Waals surface area (Å²) < 4.78 is 0. The molecule has 0 bridgehead atoms. The summed E-state index contributed by atoms with van der Waals surface area (Å²) in [6.45, 7) is 9.55. The zero-order valence-corrected chi connectivity index (χ0v) is 12.3. The van der Waals surface area contributed by atoms with Crippen LogP contribution in [0, 0.1) is 5.41 Å². The molecule has 2 N–H and O–H groups in total. The molecule has 4 nitrogen and oxygen atoms in total. The number of likely N-dealkylation sites (N-methyl/N-ethyl adjacent to an activating group) is 1. The van der Waals surface area contributed by atoms with Gasteiger partial charge in [-0.05, 0) is 24.1 Å². The van der Waals surface area contributed by atoms with E-state index in [4.69, 9.17) is 5.73 Å². The molecule has 19 heavy (non-hydrogen) atoms. The molecule has 1 aliphatic heterocycles. The van der Waals surface area contributed by atoms with Crippen molar-refractivity contribution in [2.45, 2.75) is 26.4 Å². The van der Waals surface area contributed by atoms with Crippen LogP contribution in [0.5, 0.6) is 0 Å². The van der Waals surface area contributed by atoms with Gasteiger partial charge in [-0.25, -0.2) is 0 Å². The molecule has 106 valence electrons. The van der Waals surface area contributed by atoms with Gasteiger partial charge in [0.25, 0.3) is 0 Å². The zero-order valence-electron chi connectivity index (χ0n) is 12.3. The van der Waals surface area contributed by atoms with E-state index in [0.717, 1.165) is 26.2 Å². The number of pyridine rings is 1. The SMILES string of the molecule is CN1CC(CN)N(Cc2cccnc2)CC(C)(C)C1. The Balaban J connectivity index is 2.14. The van der Waals surface area contributed by atoms with E-state index in [-0.39, 0.29) is 0 Å². The van der Waals surface area contributed by atoms with Crippen LogP contribution in [0.15, 0.2) is 24.5 Å². The zero-order chi connectivity index (χ0) is 13.9. The maximum Gasteiger partial charge on any atom is 0.0349 e. The number of rotatable bonds is 3. The van der Waals surface area contributed by atoms with E-state index in [9.17, 15) is 0 Å². The Kier molecular flexibility index (Phi) is 4.55. The molecule has 1 saturated heterocycles. The summed E-state index contributed by atoms with van der Waals surface area (Å²) in [7, 11) is 2.19. The number of aromatic nitrogens is 1. The first-order valence-electron chi connectivity index (χ1n) is 7.02. The normalized spacial score (nSPS) is 25.2. The third kappa shape index (κ3) is 4.00. The molecule has 1 fully saturated rings. The van der Waals surface area contributed by atoms with Crippen LogP contribution in [0.25, 0.3) is 0 Å². The van der Waals surface area contributed by atoms with Crippen molar-refractivity contribution in [3.05, 3.63) is 30.1 Å². The third-order valence-electron chi connectivity index (χ3n) is 3.75. The molecule has 1 aromatic rings. The highest BCUT2D eigenvalue weighted by atomic mass is 15.3. The summed E-state index contributed by atoms with van der Waals surface area (Å²) in [5.41, 5.74) is 7.54. The quantitative estimate of drug-likeness (QED) is 0.888. The van der Waals surface area contributed by atoms with Gasteiger partial charge in [-0.3, -0.25) is 9.88 Å². The Hall–Kier alpha value is -0.970. The van der Waals surface area contributed by atoms with Crippen molar-refractivity contribution < 1.29 is 0 Å². The molecule has 0 spiro atoms. The van der Waals surface area contributed by atoms with E-state index in [1.54, 1.807) is 0 Å². The van der Waals surface area contributed by atoms with Crippen LogP contribution in [0.3, 0.4) is 0 Å². The largest absolute Gasteiger partial charge is 0.329 e. The minimum Gasteiger partial charge on any atom is -0.329 e. The fourth-order valence-corrected chi connectivity index (χ4v) is 3.13. The first-order valence-corrected chi connectivity index (χ1v) is 7.02. The van der Waals surface area contributed by atoms with Gasteiger partial charge >= 0.3 is 0 Å². The Bertz CT molecular complexity index is 390. The second-order valence-electron chi connectivity index (χ2n) is 6.52. The highest BCUT2D eigenvalue weighted by Gasteiger charge is 2.32. The van der Waals surface area contributed by atoms with Gasteiger partial charge in [-0.2, -0.15) is 0 Å². The smallest absolute Gasteiger partial charge is 0.0349 e. The molecular formula is C15H26N4. The fourth-order valence-electron chi connectivity index (χ4n) is 3.13. The molecule has 4 heteroatoms. The van der Waals surface area contributed by atoms with E-state index < -0.39 is 0 Å². The summed E-state index contributed by atoms with van der Waals surface area (Å²) in [6, 6.07) is 4.57. The highest BCUT2D eigenvalue weighted by Crippen LogP contribution is 2.24. The molecule has 1 atom stereocenters. The van der Waals surface area contributed by atoms with Crippen LogP contribution in [0.2, 0.25) is 0 Å². The van der Waals surface area contributed by atoms with Gasteiger partial charge in [0.05, 0.1) is 0 Å². The van der Waals surface area contributed by atoms with E-state index in [2.05, 4.69) is 41.7 Å². The van der Waals surface area contributed by atoms with Crippen molar-refractivity contribution in [1.82, 2.24) is 14.8 Å². The maximum atomic E-state index is 5.98. The number of hydrogen-bond acceptors (Lipinski definition) is 4. The molecule has 1 aromatic heterocycles. The number of hydrogen-bond donors (Lipinski definition) is 1. The lowest BCUT2D eigenvalue weighted by Crippen LogP contribution is -2.45. The summed E-state index contributed by atoms with van der Waals surface area (Å²) in [5, 5.41) is 0. The molecule has 0 amide bonds. The summed E-state index contributed by atoms with van der Waals surface area (Å²) >= 11 is 0. The van der Waals surface area contributed by atoms with Crippen LogP contribution in [-0.2, 0) is 6.54 Å². The van der Waals surface area contributed by atoms with E-state index in [1.807, 2.05) is 18.5 Å². The van der Waals surface area contributed by atoms with Gasteiger partial charge in [-0.1, -0.05) is 19.9 Å². The molecule has 1 unspecified atom stereocenters. The average molecular weight is 262 g/mol. The van der Waals surface area contributed by atoms with E-state index >= 15 is 0 Å². The number of nitrogens with zero attached hydrogens (tertiary/aromatic N) is 3. The van der Waals surface area contributed by atoms with Gasteiger partial charge in [0.15, 0.2) is 0 Å². The van der Waals surface area contributed by atoms with Gasteiger partial charge in [0, 0.05) is 51.2 Å². The van der Waals surface area contributed by atoms with Gasteiger partial charge in [-0.15, -0.1) is 0 Å². The summed E-state index contributed by atoms with van der Waals surface area (Å²) in [6.07, 6.45) is 3.78. The first kappa shape index (κ1) is 14.4. The molecule has 0 saturated carbocycles. The molecule has 2 rings (SSSR count). The van der Waals surface area contributed by atoms with E-state index in [1.165, 1.54) is 5.56 Å². The van der Waals surface area contributed by atoms with E-state index in [0.29, 0.717) is 18.0 Å². The fraction of sp³-hybridized carbons (Fsp3) is 0.667. The highest BCUT2D eigenvalue weighted by molar-refractivity contribution is 5.09. The van der Waals surface area contributed by atoms with Crippen LogP contribution < -0.4 is 5.73 Å². The monoisotopic (exact) mass is 262 g/mol. The molecule has 0 radical (unpaired) electrons. The molecule has 1 aliphatic rings. The van der Waals surface area contributed by atoms with Gasteiger partial charge < -0.3 is 10.6 Å². The predicted octanol–water partition coefficient (Wildman–Crippen LogP) is 1.18. The molecule has 0 aliphatic carbocycles. The van der Waals surface area contributed by atoms with Crippen LogP contribution in [0.4, 0.5) is 0 Å². The minimum atomic E-state index is 0.293. The summed E-state index contributed by atoms with van der Waals surface area (Å²) in [4.78, 5) is 9.13. The second kappa shape index (κ2) is 5.99. The third-order valence-corrected chi connectivity index (χ3v) is 3.75. The summed E-state index contributed by atoms with van der Waals surface area (Å²) in [5.74, 6) is 0. The van der Waals surface area contributed by atoms with Gasteiger partial charge in [0.2, 0.25) is 0 Å². The lowest BCUT2D eigenvalue weighted by atomic mass is 9.92. The Morgan fingerprint density at radius 2 is 2.21 bits per heavy atom. The first-order chi connectivity index (χ1) is 9.00. The molecular weight excluding hydrogens is 236 g/mol. The standard InChI is InChI=1S/C15H26N4/c1-15(2)11-18(3)10-14(7-16)19(12-15)9-13-5-4-6-17-8-13/h4-6,8,14H,7,9-12,16H2,1-3H3. The van der Waals surface area contributed by atoms with Crippen molar-refractivity contribution in [1.29, 1.82) is 0 Å². The van der Waals surface area contributed by atoms with Gasteiger partial charge in [0.1, 0.15) is 0 Å². The lowest BCUT2D eigenvalue weighted by Gasteiger charge is -2.33. The Morgan fingerprint density at radius 1 is 1.42 bits per heavy atom. The minimum absolute atomic E-state index is 0.293. The van der Waals surface area contributed by atoms with Crippen molar-refractivity contribution in [3.8, 4) is 0 Å². The van der Waals surface area contributed by atoms with Crippen LogP contribution >= 0.6 is 0 Å².